The fourth-order valence-electron chi connectivity index (χ4n) is 1.43. The number of nitrogens with zero attached hydrogens (tertiary/aromatic N) is 1. The molecule has 0 unspecified atom stereocenters. The van der Waals surface area contributed by atoms with Gasteiger partial charge in [-0.05, 0) is 19.3 Å². The smallest absolute Gasteiger partial charge is 0.271 e. The maximum Gasteiger partial charge on any atom is 0.271 e. The second-order valence-electron chi connectivity index (χ2n) is 3.12. The van der Waals surface area contributed by atoms with Gasteiger partial charge in [0.05, 0.1) is 0 Å². The molecule has 1 heterocycles. The second kappa shape index (κ2) is 4.71. The van der Waals surface area contributed by atoms with E-state index in [1.807, 2.05) is 0 Å². The molecule has 0 spiro atoms. The number of hydrogen-bond acceptors (Lipinski definition) is 4. The van der Waals surface area contributed by atoms with Gasteiger partial charge in [0.25, 0.3) is 5.91 Å². The zero-order chi connectivity index (χ0) is 9.68. The number of carbonyl (C=O) groups is 1. The second-order valence-corrected chi connectivity index (χ2v) is 3.12. The van der Waals surface area contributed by atoms with E-state index in [0.29, 0.717) is 0 Å². The molecular weight excluding hydrogens is 168 g/mol. The van der Waals surface area contributed by atoms with Crippen LogP contribution in [-0.4, -0.2) is 23.9 Å². The van der Waals surface area contributed by atoms with Crippen LogP contribution in [0.5, 0.6) is 0 Å². The summed E-state index contributed by atoms with van der Waals surface area (Å²) in [7, 11) is 0. The Balaban J connectivity index is 2.50. The highest BCUT2D eigenvalue weighted by atomic mass is 16.2. The molecule has 0 aromatic heterocycles. The van der Waals surface area contributed by atoms with E-state index in [-0.39, 0.29) is 11.6 Å². The number of hydrogen-bond donors (Lipinski definition) is 3. The maximum atomic E-state index is 11.5. The van der Waals surface area contributed by atoms with Crippen molar-refractivity contribution in [3.63, 3.8) is 0 Å². The third-order valence-corrected chi connectivity index (χ3v) is 2.13. The predicted octanol–water partition coefficient (Wildman–Crippen LogP) is -0.738. The van der Waals surface area contributed by atoms with Crippen molar-refractivity contribution < 1.29 is 4.79 Å². The standard InChI is InChI=1S/C8H16N4O/c9-7(6-11-10)8(13)12-4-2-1-3-5-12/h6,11H,1-5,9-10H2/b7-6-. The Labute approximate surface area is 77.7 Å². The molecule has 0 aliphatic carbocycles. The first-order valence-electron chi connectivity index (χ1n) is 4.46. The molecule has 1 aliphatic rings. The first-order valence-corrected chi connectivity index (χ1v) is 4.46. The zero-order valence-corrected chi connectivity index (χ0v) is 7.62. The molecular formula is C8H16N4O. The van der Waals surface area contributed by atoms with Crippen LogP contribution in [0.3, 0.4) is 0 Å². The van der Waals surface area contributed by atoms with Crippen LogP contribution >= 0.6 is 0 Å². The Kier molecular flexibility index (Phi) is 3.57. The normalized spacial score (nSPS) is 18.5. The Hall–Kier alpha value is -1.23. The summed E-state index contributed by atoms with van der Waals surface area (Å²) in [4.78, 5) is 13.3. The van der Waals surface area contributed by atoms with Crippen LogP contribution in [0.25, 0.3) is 0 Å². The lowest BCUT2D eigenvalue weighted by Crippen LogP contribution is -2.39. The van der Waals surface area contributed by atoms with Gasteiger partial charge < -0.3 is 16.1 Å². The molecule has 5 N–H and O–H groups in total. The lowest BCUT2D eigenvalue weighted by molar-refractivity contribution is -0.128. The molecule has 74 valence electrons. The molecule has 1 rings (SSSR count). The van der Waals surface area contributed by atoms with Crippen molar-refractivity contribution in [2.45, 2.75) is 19.3 Å². The molecule has 0 atom stereocenters. The Morgan fingerprint density at radius 2 is 1.92 bits per heavy atom. The van der Waals surface area contributed by atoms with E-state index < -0.39 is 0 Å². The SMILES string of the molecule is NN/C=C(\N)C(=O)N1CCCCC1. The van der Waals surface area contributed by atoms with Gasteiger partial charge >= 0.3 is 0 Å². The molecule has 5 heteroatoms. The molecule has 0 radical (unpaired) electrons. The number of hydrazine groups is 1. The summed E-state index contributed by atoms with van der Waals surface area (Å²) < 4.78 is 0. The van der Waals surface area contributed by atoms with Crippen LogP contribution in [0.1, 0.15) is 19.3 Å². The van der Waals surface area contributed by atoms with E-state index in [1.165, 1.54) is 12.6 Å². The van der Waals surface area contributed by atoms with Crippen LogP contribution in [0.4, 0.5) is 0 Å². The molecule has 1 amide bonds. The third kappa shape index (κ3) is 2.62. The summed E-state index contributed by atoms with van der Waals surface area (Å²) in [6.45, 7) is 1.61. The summed E-state index contributed by atoms with van der Waals surface area (Å²) >= 11 is 0. The number of carbonyl (C=O) groups excluding carboxylic acids is 1. The van der Waals surface area contributed by atoms with Crippen molar-refractivity contribution in [2.75, 3.05) is 13.1 Å². The van der Waals surface area contributed by atoms with Crippen LogP contribution in [0.2, 0.25) is 0 Å². The highest BCUT2D eigenvalue weighted by Gasteiger charge is 2.17. The van der Waals surface area contributed by atoms with Gasteiger partial charge in [0, 0.05) is 19.3 Å². The van der Waals surface area contributed by atoms with Gasteiger partial charge in [0.1, 0.15) is 5.70 Å². The number of likely N-dealkylation sites (tertiary alicyclic amines) is 1. The lowest BCUT2D eigenvalue weighted by Gasteiger charge is -2.26. The molecule has 1 fully saturated rings. The van der Waals surface area contributed by atoms with E-state index >= 15 is 0 Å². The number of piperidine rings is 1. The minimum atomic E-state index is -0.127. The average Bonchev–Trinajstić information content (AvgIpc) is 2.18. The Bertz CT molecular complexity index is 208. The predicted molar refractivity (Wildman–Crippen MR) is 50.0 cm³/mol. The van der Waals surface area contributed by atoms with Gasteiger partial charge in [-0.15, -0.1) is 0 Å². The minimum absolute atomic E-state index is 0.127. The van der Waals surface area contributed by atoms with Gasteiger partial charge in [0.2, 0.25) is 0 Å². The van der Waals surface area contributed by atoms with Gasteiger partial charge in [0.15, 0.2) is 0 Å². The Morgan fingerprint density at radius 3 is 2.46 bits per heavy atom. The van der Waals surface area contributed by atoms with E-state index in [9.17, 15) is 4.79 Å². The molecule has 0 aromatic rings. The van der Waals surface area contributed by atoms with Crippen LogP contribution < -0.4 is 17.0 Å². The molecule has 13 heavy (non-hydrogen) atoms. The fourth-order valence-corrected chi connectivity index (χ4v) is 1.43. The highest BCUT2D eigenvalue weighted by Crippen LogP contribution is 2.09. The van der Waals surface area contributed by atoms with Crippen molar-refractivity contribution in [1.29, 1.82) is 0 Å². The van der Waals surface area contributed by atoms with Gasteiger partial charge in [-0.25, -0.2) is 0 Å². The minimum Gasteiger partial charge on any atom is -0.393 e. The first kappa shape index (κ1) is 9.85. The van der Waals surface area contributed by atoms with Crippen molar-refractivity contribution in [3.05, 3.63) is 11.9 Å². The maximum absolute atomic E-state index is 11.5. The van der Waals surface area contributed by atoms with E-state index in [4.69, 9.17) is 11.6 Å². The number of rotatable bonds is 2. The topological polar surface area (TPSA) is 84.4 Å². The monoisotopic (exact) mass is 184 g/mol. The van der Waals surface area contributed by atoms with E-state index in [1.54, 1.807) is 4.90 Å². The molecule has 5 nitrogen and oxygen atoms in total. The van der Waals surface area contributed by atoms with Crippen molar-refractivity contribution >= 4 is 5.91 Å². The van der Waals surface area contributed by atoms with E-state index in [0.717, 1.165) is 25.9 Å². The molecule has 1 aliphatic heterocycles. The van der Waals surface area contributed by atoms with E-state index in [2.05, 4.69) is 5.43 Å². The largest absolute Gasteiger partial charge is 0.393 e. The van der Waals surface area contributed by atoms with Gasteiger partial charge in [-0.1, -0.05) is 0 Å². The third-order valence-electron chi connectivity index (χ3n) is 2.13. The van der Waals surface area contributed by atoms with Gasteiger partial charge in [-0.2, -0.15) is 0 Å². The van der Waals surface area contributed by atoms with Gasteiger partial charge in [-0.3, -0.25) is 10.6 Å². The number of nitrogens with one attached hydrogen (secondary N) is 1. The number of amides is 1. The summed E-state index contributed by atoms with van der Waals surface area (Å²) in [5.41, 5.74) is 7.91. The first-order chi connectivity index (χ1) is 6.25. The van der Waals surface area contributed by atoms with Crippen LogP contribution in [0.15, 0.2) is 11.9 Å². The highest BCUT2D eigenvalue weighted by molar-refractivity contribution is 5.92. The Morgan fingerprint density at radius 1 is 1.31 bits per heavy atom. The van der Waals surface area contributed by atoms with Crippen molar-refractivity contribution in [2.24, 2.45) is 11.6 Å². The lowest BCUT2D eigenvalue weighted by atomic mass is 10.1. The van der Waals surface area contributed by atoms with Crippen LogP contribution in [0, 0.1) is 0 Å². The summed E-state index contributed by atoms with van der Waals surface area (Å²) in [5.74, 6) is 4.89. The molecule has 0 aromatic carbocycles. The summed E-state index contributed by atoms with van der Waals surface area (Å²) in [6, 6.07) is 0. The molecule has 0 bridgehead atoms. The molecule has 0 saturated carbocycles. The zero-order valence-electron chi connectivity index (χ0n) is 7.62. The summed E-state index contributed by atoms with van der Waals surface area (Å²) in [6.07, 6.45) is 4.64. The van der Waals surface area contributed by atoms with Crippen LogP contribution in [-0.2, 0) is 4.79 Å². The molecule has 1 saturated heterocycles. The average molecular weight is 184 g/mol. The quantitative estimate of drug-likeness (QED) is 0.300. The fraction of sp³-hybridized carbons (Fsp3) is 0.625. The number of nitrogens with two attached hydrogens (primary N) is 2. The summed E-state index contributed by atoms with van der Waals surface area (Å²) in [5, 5.41) is 0. The van der Waals surface area contributed by atoms with Crippen molar-refractivity contribution in [3.8, 4) is 0 Å². The van der Waals surface area contributed by atoms with Crippen molar-refractivity contribution in [1.82, 2.24) is 10.3 Å².